The Balaban J connectivity index is 5.50. The van der Waals surface area contributed by atoms with Gasteiger partial charge in [-0.3, -0.25) is 19.2 Å². The average molecular weight is 462 g/mol. The van der Waals surface area contributed by atoms with Gasteiger partial charge in [0.25, 0.3) is 0 Å². The first-order valence-electron chi connectivity index (χ1n) is 10.3. The minimum atomic E-state index is -1.49. The van der Waals surface area contributed by atoms with Gasteiger partial charge in [-0.1, -0.05) is 20.3 Å². The van der Waals surface area contributed by atoms with E-state index in [1.54, 1.807) is 13.8 Å². The van der Waals surface area contributed by atoms with E-state index in [4.69, 9.17) is 11.5 Å². The summed E-state index contributed by atoms with van der Waals surface area (Å²) >= 11 is 0. The predicted octanol–water partition coefficient (Wildman–Crippen LogP) is -3.07. The Morgan fingerprint density at radius 2 is 1.34 bits per heavy atom. The van der Waals surface area contributed by atoms with Crippen LogP contribution in [0.1, 0.15) is 47.0 Å². The van der Waals surface area contributed by atoms with Crippen molar-refractivity contribution in [2.45, 2.75) is 83.3 Å². The molecule has 0 radical (unpaired) electrons. The third kappa shape index (κ3) is 9.58. The molecule has 0 saturated heterocycles. The van der Waals surface area contributed by atoms with Crippen molar-refractivity contribution >= 4 is 29.6 Å². The second-order valence-corrected chi connectivity index (χ2v) is 7.77. The van der Waals surface area contributed by atoms with E-state index in [1.165, 1.54) is 13.8 Å². The Labute approximate surface area is 186 Å². The third-order valence-electron chi connectivity index (χ3n) is 4.97. The first-order chi connectivity index (χ1) is 14.7. The van der Waals surface area contributed by atoms with Crippen molar-refractivity contribution in [2.75, 3.05) is 0 Å². The fourth-order valence-electron chi connectivity index (χ4n) is 2.62. The van der Waals surface area contributed by atoms with Crippen LogP contribution in [0.15, 0.2) is 0 Å². The average Bonchev–Trinajstić information content (AvgIpc) is 2.70. The van der Waals surface area contributed by atoms with Gasteiger partial charge in [-0.05, 0) is 26.2 Å². The number of carbonyl (C=O) groups is 5. The van der Waals surface area contributed by atoms with Crippen LogP contribution in [0, 0.1) is 5.92 Å². The zero-order chi connectivity index (χ0) is 25.2. The van der Waals surface area contributed by atoms with E-state index >= 15 is 0 Å². The van der Waals surface area contributed by atoms with Gasteiger partial charge in [-0.2, -0.15) is 0 Å². The molecule has 7 atom stereocenters. The number of rotatable bonds is 14. The number of amides is 4. The number of aliphatic hydroxyl groups excluding tert-OH is 2. The minimum Gasteiger partial charge on any atom is -0.480 e. The van der Waals surface area contributed by atoms with Crippen molar-refractivity contribution in [3.63, 3.8) is 0 Å². The molecule has 13 nitrogen and oxygen atoms in total. The Kier molecular flexibility index (Phi) is 12.4. The zero-order valence-corrected chi connectivity index (χ0v) is 18.7. The maximum Gasteiger partial charge on any atom is 0.326 e. The first kappa shape index (κ1) is 29.2. The lowest BCUT2D eigenvalue weighted by molar-refractivity contribution is -0.143. The summed E-state index contributed by atoms with van der Waals surface area (Å²) in [5.41, 5.74) is 10.6. The quantitative estimate of drug-likeness (QED) is 0.131. The molecule has 10 N–H and O–H groups in total. The number of aliphatic hydroxyl groups is 2. The molecule has 0 spiro atoms. The normalized spacial score (nSPS) is 17.6. The van der Waals surface area contributed by atoms with Gasteiger partial charge in [0.15, 0.2) is 0 Å². The van der Waals surface area contributed by atoms with E-state index in [1.807, 2.05) is 0 Å². The number of aliphatic carboxylic acids is 1. The molecule has 0 rings (SSSR count). The molecule has 0 bridgehead atoms. The smallest absolute Gasteiger partial charge is 0.326 e. The molecule has 0 aliphatic rings. The van der Waals surface area contributed by atoms with Gasteiger partial charge in [0.2, 0.25) is 23.6 Å². The summed E-state index contributed by atoms with van der Waals surface area (Å²) < 4.78 is 0. The summed E-state index contributed by atoms with van der Waals surface area (Å²) in [6, 6.07) is -5.45. The van der Waals surface area contributed by atoms with Crippen molar-refractivity contribution in [1.82, 2.24) is 16.0 Å². The van der Waals surface area contributed by atoms with E-state index in [0.29, 0.717) is 6.42 Å². The summed E-state index contributed by atoms with van der Waals surface area (Å²) in [5.74, 6) is -5.17. The lowest BCUT2D eigenvalue weighted by Crippen LogP contribution is -2.61. The molecular formula is C19H35N5O8. The van der Waals surface area contributed by atoms with Gasteiger partial charge >= 0.3 is 5.97 Å². The first-order valence-corrected chi connectivity index (χ1v) is 10.3. The maximum atomic E-state index is 12.7. The zero-order valence-electron chi connectivity index (χ0n) is 18.7. The molecule has 32 heavy (non-hydrogen) atoms. The standard InChI is InChI=1S/C19H35N5O8/c1-5-8(2)14(17(29)22-11(19(31)32)6-7-12(20)27)23-18(30)15(10(4)26)24-16(28)13(21)9(3)25/h8-11,13-15,25-26H,5-7,21H2,1-4H3,(H2,20,27)(H,22,29)(H,23,30)(H,24,28)(H,31,32). The van der Waals surface area contributed by atoms with Gasteiger partial charge in [0.05, 0.1) is 12.2 Å². The van der Waals surface area contributed by atoms with Crippen LogP contribution in [0.4, 0.5) is 0 Å². The summed E-state index contributed by atoms with van der Waals surface area (Å²) in [6.07, 6.45) is -2.66. The highest BCUT2D eigenvalue weighted by Crippen LogP contribution is 2.10. The summed E-state index contributed by atoms with van der Waals surface area (Å²) in [5, 5.41) is 35.6. The van der Waals surface area contributed by atoms with Gasteiger partial charge in [0, 0.05) is 6.42 Å². The number of carboxylic acids is 1. The van der Waals surface area contributed by atoms with Crippen LogP contribution in [0.3, 0.4) is 0 Å². The Bertz CT molecular complexity index is 685. The SMILES string of the molecule is CCC(C)C(NC(=O)C(NC(=O)C(N)C(C)O)C(C)O)C(=O)NC(CCC(N)=O)C(=O)O. The number of carbonyl (C=O) groups excluding carboxylic acids is 4. The van der Waals surface area contributed by atoms with Crippen LogP contribution in [0.25, 0.3) is 0 Å². The highest BCUT2D eigenvalue weighted by Gasteiger charge is 2.34. The van der Waals surface area contributed by atoms with Gasteiger partial charge in [0.1, 0.15) is 24.2 Å². The van der Waals surface area contributed by atoms with E-state index < -0.39 is 71.9 Å². The van der Waals surface area contributed by atoms with E-state index in [9.17, 15) is 39.3 Å². The van der Waals surface area contributed by atoms with Crippen molar-refractivity contribution in [3.8, 4) is 0 Å². The van der Waals surface area contributed by atoms with Crippen LogP contribution in [0.5, 0.6) is 0 Å². The molecule has 0 aliphatic heterocycles. The fourth-order valence-corrected chi connectivity index (χ4v) is 2.62. The van der Waals surface area contributed by atoms with Crippen molar-refractivity contribution in [2.24, 2.45) is 17.4 Å². The van der Waals surface area contributed by atoms with Crippen molar-refractivity contribution in [1.29, 1.82) is 0 Å². The van der Waals surface area contributed by atoms with Crippen LogP contribution >= 0.6 is 0 Å². The van der Waals surface area contributed by atoms with Crippen LogP contribution in [-0.2, 0) is 24.0 Å². The van der Waals surface area contributed by atoms with Gasteiger partial charge in [-0.15, -0.1) is 0 Å². The van der Waals surface area contributed by atoms with Crippen LogP contribution in [0.2, 0.25) is 0 Å². The number of hydrogen-bond acceptors (Lipinski definition) is 8. The predicted molar refractivity (Wildman–Crippen MR) is 113 cm³/mol. The summed E-state index contributed by atoms with van der Waals surface area (Å²) in [7, 11) is 0. The third-order valence-corrected chi connectivity index (χ3v) is 4.97. The monoisotopic (exact) mass is 461 g/mol. The number of nitrogens with two attached hydrogens (primary N) is 2. The van der Waals surface area contributed by atoms with Gasteiger partial charge in [-0.25, -0.2) is 4.79 Å². The number of carboxylic acid groups (broad SMARTS) is 1. The maximum absolute atomic E-state index is 12.7. The summed E-state index contributed by atoms with van der Waals surface area (Å²) in [4.78, 5) is 59.9. The van der Waals surface area contributed by atoms with E-state index in [2.05, 4.69) is 16.0 Å². The van der Waals surface area contributed by atoms with Gasteiger partial charge < -0.3 is 42.7 Å². The highest BCUT2D eigenvalue weighted by atomic mass is 16.4. The molecule has 0 fully saturated rings. The topological polar surface area (TPSA) is 234 Å². The second kappa shape index (κ2) is 13.6. The van der Waals surface area contributed by atoms with Crippen molar-refractivity contribution < 1.29 is 39.3 Å². The molecule has 0 aromatic carbocycles. The number of nitrogens with one attached hydrogen (secondary N) is 3. The summed E-state index contributed by atoms with van der Waals surface area (Å²) in [6.45, 7) is 5.90. The minimum absolute atomic E-state index is 0.235. The van der Waals surface area contributed by atoms with Crippen LogP contribution < -0.4 is 27.4 Å². The molecule has 0 saturated carbocycles. The molecule has 4 amide bonds. The largest absolute Gasteiger partial charge is 0.480 e. The van der Waals surface area contributed by atoms with E-state index in [0.717, 1.165) is 0 Å². The molecule has 7 unspecified atom stereocenters. The number of primary amides is 1. The Morgan fingerprint density at radius 3 is 1.75 bits per heavy atom. The van der Waals surface area contributed by atoms with Crippen molar-refractivity contribution in [3.05, 3.63) is 0 Å². The Morgan fingerprint density at radius 1 is 0.844 bits per heavy atom. The lowest BCUT2D eigenvalue weighted by Gasteiger charge is -2.29. The van der Waals surface area contributed by atoms with E-state index in [-0.39, 0.29) is 12.8 Å². The molecular weight excluding hydrogens is 426 g/mol. The number of hydrogen-bond donors (Lipinski definition) is 8. The Hall–Kier alpha value is -2.77. The molecule has 0 aromatic heterocycles. The van der Waals surface area contributed by atoms with Crippen LogP contribution in [-0.4, -0.2) is 81.3 Å². The molecule has 184 valence electrons. The lowest BCUT2D eigenvalue weighted by atomic mass is 9.96. The molecule has 0 heterocycles. The molecule has 13 heteroatoms. The fraction of sp³-hybridized carbons (Fsp3) is 0.737. The second-order valence-electron chi connectivity index (χ2n) is 7.77. The molecule has 0 aliphatic carbocycles. The highest BCUT2D eigenvalue weighted by molar-refractivity contribution is 5.94. The molecule has 0 aromatic rings.